The number of allylic oxidation sites excluding steroid dienone is 6. The Morgan fingerprint density at radius 2 is 1.71 bits per heavy atom. The molecule has 0 N–H and O–H groups in total. The van der Waals surface area contributed by atoms with E-state index in [1.54, 1.807) is 0 Å². The molecule has 1 heteroatoms. The van der Waals surface area contributed by atoms with Crippen LogP contribution in [0.25, 0.3) is 0 Å². The Hall–Kier alpha value is -0.0917. The van der Waals surface area contributed by atoms with Gasteiger partial charge in [0, 0.05) is 21.1 Å². The van der Waals surface area contributed by atoms with Gasteiger partial charge in [0.1, 0.15) is 0 Å². The van der Waals surface area contributed by atoms with Crippen molar-refractivity contribution in [3.63, 3.8) is 0 Å². The van der Waals surface area contributed by atoms with Crippen molar-refractivity contribution >= 4 is 0 Å². The molecule has 0 fully saturated rings. The molecule has 0 amide bonds. The van der Waals surface area contributed by atoms with Crippen LogP contribution in [0.2, 0.25) is 0 Å². The molecule has 0 heterocycles. The van der Waals surface area contributed by atoms with Crippen LogP contribution in [0.15, 0.2) is 29.4 Å². The topological polar surface area (TPSA) is 0 Å². The minimum absolute atomic E-state index is 0. The zero-order chi connectivity index (χ0) is 9.84. The van der Waals surface area contributed by atoms with Gasteiger partial charge in [0.25, 0.3) is 0 Å². The van der Waals surface area contributed by atoms with Crippen molar-refractivity contribution in [1.82, 2.24) is 0 Å². The molecule has 0 spiro atoms. The standard InChI is InChI=1S/C13H19.W/c1-10(2)5-6-12-8-13(9-12)7-11(3)4;/h5-7,10-11H,8H2,1-4H3;/q-1;/b6-5+,13-7-;. The summed E-state index contributed by atoms with van der Waals surface area (Å²) in [6.45, 7) is 8.80. The first kappa shape index (κ1) is 13.9. The maximum atomic E-state index is 3.36. The predicted molar refractivity (Wildman–Crippen MR) is 58.3 cm³/mol. The predicted octanol–water partition coefficient (Wildman–Crippen LogP) is 3.91. The van der Waals surface area contributed by atoms with Gasteiger partial charge in [-0.1, -0.05) is 33.6 Å². The monoisotopic (exact) mass is 359 g/mol. The van der Waals surface area contributed by atoms with E-state index in [0.717, 1.165) is 6.42 Å². The van der Waals surface area contributed by atoms with Crippen molar-refractivity contribution in [2.75, 3.05) is 0 Å². The van der Waals surface area contributed by atoms with Crippen LogP contribution in [0.4, 0.5) is 0 Å². The van der Waals surface area contributed by atoms with Crippen LogP contribution in [-0.2, 0) is 21.1 Å². The zero-order valence-corrected chi connectivity index (χ0v) is 12.4. The third-order valence-electron chi connectivity index (χ3n) is 1.92. The Morgan fingerprint density at radius 1 is 1.14 bits per heavy atom. The van der Waals surface area contributed by atoms with Crippen molar-refractivity contribution in [1.29, 1.82) is 0 Å². The summed E-state index contributed by atoms with van der Waals surface area (Å²) in [6, 6.07) is 0. The van der Waals surface area contributed by atoms with Gasteiger partial charge in [0.15, 0.2) is 0 Å². The van der Waals surface area contributed by atoms with Gasteiger partial charge in [-0.25, -0.2) is 0 Å². The van der Waals surface area contributed by atoms with Crippen LogP contribution in [0.1, 0.15) is 34.1 Å². The quantitative estimate of drug-likeness (QED) is 0.671. The van der Waals surface area contributed by atoms with Crippen LogP contribution in [0, 0.1) is 17.9 Å². The molecule has 0 bridgehead atoms. The SMILES string of the molecule is CC(C)/C=C1[C-]=C(/C=C/C(C)C)C\1.[W]. The molecule has 0 aromatic heterocycles. The zero-order valence-electron chi connectivity index (χ0n) is 9.50. The maximum Gasteiger partial charge on any atom is 0 e. The molecule has 0 unspecified atom stereocenters. The largest absolute Gasteiger partial charge is 0.177 e. The van der Waals surface area contributed by atoms with Gasteiger partial charge in [-0.3, -0.25) is 0 Å². The van der Waals surface area contributed by atoms with Gasteiger partial charge in [0.05, 0.1) is 0 Å². The normalized spacial score (nSPS) is 18.7. The van der Waals surface area contributed by atoms with E-state index in [1.807, 2.05) is 0 Å². The fourth-order valence-corrected chi connectivity index (χ4v) is 1.31. The second-order valence-electron chi connectivity index (χ2n) is 4.37. The van der Waals surface area contributed by atoms with Gasteiger partial charge in [-0.15, -0.1) is 6.08 Å². The second kappa shape index (κ2) is 6.40. The molecule has 0 saturated heterocycles. The van der Waals surface area contributed by atoms with Crippen LogP contribution in [0.5, 0.6) is 0 Å². The average molecular weight is 359 g/mol. The Bertz CT molecular complexity index is 254. The van der Waals surface area contributed by atoms with Gasteiger partial charge >= 0.3 is 0 Å². The van der Waals surface area contributed by atoms with E-state index in [-0.39, 0.29) is 21.1 Å². The summed E-state index contributed by atoms with van der Waals surface area (Å²) in [5, 5.41) is 0. The van der Waals surface area contributed by atoms with E-state index in [0.29, 0.717) is 11.8 Å². The van der Waals surface area contributed by atoms with E-state index in [4.69, 9.17) is 0 Å². The van der Waals surface area contributed by atoms with Crippen molar-refractivity contribution in [2.24, 2.45) is 11.8 Å². The molecular weight excluding hydrogens is 340 g/mol. The molecule has 14 heavy (non-hydrogen) atoms. The molecular formula is C13H19W-. The number of hydrogen-bond donors (Lipinski definition) is 0. The van der Waals surface area contributed by atoms with Crippen molar-refractivity contribution in [2.45, 2.75) is 34.1 Å². The fourth-order valence-electron chi connectivity index (χ4n) is 1.31. The Morgan fingerprint density at radius 3 is 2.14 bits per heavy atom. The molecule has 1 rings (SSSR count). The number of hydrogen-bond acceptors (Lipinski definition) is 0. The fraction of sp³-hybridized carbons (Fsp3) is 0.538. The van der Waals surface area contributed by atoms with Gasteiger partial charge in [-0.2, -0.15) is 29.4 Å². The van der Waals surface area contributed by atoms with Crippen LogP contribution >= 0.6 is 0 Å². The van der Waals surface area contributed by atoms with E-state index in [1.165, 1.54) is 11.1 Å². The Balaban J connectivity index is 0.00000169. The van der Waals surface area contributed by atoms with E-state index in [9.17, 15) is 0 Å². The third kappa shape index (κ3) is 4.96. The third-order valence-corrected chi connectivity index (χ3v) is 1.92. The summed E-state index contributed by atoms with van der Waals surface area (Å²) in [5.74, 6) is 1.30. The first-order valence-electron chi connectivity index (χ1n) is 5.09. The van der Waals surface area contributed by atoms with Crippen LogP contribution < -0.4 is 0 Å². The summed E-state index contributed by atoms with van der Waals surface area (Å²) in [4.78, 5) is 0. The van der Waals surface area contributed by atoms with E-state index in [2.05, 4.69) is 52.0 Å². The van der Waals surface area contributed by atoms with Crippen molar-refractivity contribution < 1.29 is 21.1 Å². The second-order valence-corrected chi connectivity index (χ2v) is 4.37. The summed E-state index contributed by atoms with van der Waals surface area (Å²) in [6.07, 6.45) is 11.2. The molecule has 0 nitrogen and oxygen atoms in total. The van der Waals surface area contributed by atoms with E-state index >= 15 is 0 Å². The smallest absolute Gasteiger partial charge is 0 e. The van der Waals surface area contributed by atoms with E-state index < -0.39 is 0 Å². The maximum absolute atomic E-state index is 3.36. The molecule has 0 atom stereocenters. The van der Waals surface area contributed by atoms with Crippen LogP contribution in [-0.4, -0.2) is 0 Å². The van der Waals surface area contributed by atoms with Crippen LogP contribution in [0.3, 0.4) is 0 Å². The molecule has 0 aromatic carbocycles. The molecule has 0 saturated carbocycles. The van der Waals surface area contributed by atoms with Gasteiger partial charge in [-0.05, 0) is 12.3 Å². The summed E-state index contributed by atoms with van der Waals surface area (Å²) >= 11 is 0. The van der Waals surface area contributed by atoms with Gasteiger partial charge < -0.3 is 0 Å². The molecule has 1 aliphatic carbocycles. The Kier molecular flexibility index (Phi) is 6.36. The summed E-state index contributed by atoms with van der Waals surface area (Å²) < 4.78 is 0. The average Bonchev–Trinajstić information content (AvgIpc) is 1.92. The molecule has 1 aliphatic rings. The molecule has 0 radical (unpaired) electrons. The van der Waals surface area contributed by atoms with Crippen molar-refractivity contribution in [3.05, 3.63) is 35.5 Å². The molecule has 0 aromatic rings. The Labute approximate surface area is 102 Å². The minimum Gasteiger partial charge on any atom is -0.177 e. The van der Waals surface area contributed by atoms with Gasteiger partial charge in [0.2, 0.25) is 0 Å². The first-order valence-corrected chi connectivity index (χ1v) is 5.09. The summed E-state index contributed by atoms with van der Waals surface area (Å²) in [7, 11) is 0. The summed E-state index contributed by atoms with van der Waals surface area (Å²) in [5.41, 5.74) is 2.72. The number of rotatable bonds is 3. The first-order chi connectivity index (χ1) is 6.08. The van der Waals surface area contributed by atoms with Crippen molar-refractivity contribution in [3.8, 4) is 0 Å². The molecule has 0 aliphatic heterocycles. The minimum atomic E-state index is 0. The molecule has 78 valence electrons.